The lowest BCUT2D eigenvalue weighted by atomic mass is 10.2. The Morgan fingerprint density at radius 1 is 1.39 bits per heavy atom. The van der Waals surface area contributed by atoms with E-state index in [1.807, 2.05) is 0 Å². The maximum atomic E-state index is 11.0. The molecule has 23 heavy (non-hydrogen) atoms. The fourth-order valence-corrected chi connectivity index (χ4v) is 2.12. The number of halogens is 1. The summed E-state index contributed by atoms with van der Waals surface area (Å²) in [5.41, 5.74) is 0.886. The second-order valence-corrected chi connectivity index (χ2v) is 5.31. The van der Waals surface area contributed by atoms with Gasteiger partial charge in [0.15, 0.2) is 6.29 Å². The van der Waals surface area contributed by atoms with E-state index >= 15 is 0 Å². The molecule has 0 fully saturated rings. The number of hydrogen-bond acceptors (Lipinski definition) is 5. The molecule has 0 amide bonds. The normalized spacial score (nSPS) is 9.96. The van der Waals surface area contributed by atoms with Crippen LogP contribution in [0.1, 0.15) is 10.4 Å². The van der Waals surface area contributed by atoms with Gasteiger partial charge in [-0.1, -0.05) is 15.9 Å². The van der Waals surface area contributed by atoms with Gasteiger partial charge in [-0.25, -0.2) is 9.83 Å². The van der Waals surface area contributed by atoms with Crippen molar-refractivity contribution in [2.45, 2.75) is 0 Å². The highest BCUT2D eigenvalue weighted by Gasteiger charge is 2.08. The number of methoxy groups -OCH3 is 1. The molecule has 1 heterocycles. The minimum Gasteiger partial charge on any atom is -0.439 e. The number of hydrogen-bond donors (Lipinski definition) is 1. The molecule has 0 bridgehead atoms. The Balaban J connectivity index is 2.21. The minimum absolute atomic E-state index is 0.330. The number of aromatic nitrogens is 1. The predicted molar refractivity (Wildman–Crippen MR) is 90.5 cm³/mol. The number of aldehydes is 1. The summed E-state index contributed by atoms with van der Waals surface area (Å²) < 4.78 is 11.3. The number of carbonyl (C=O) groups is 1. The molecule has 0 spiro atoms. The van der Waals surface area contributed by atoms with Crippen molar-refractivity contribution < 1.29 is 14.3 Å². The molecule has 1 aromatic carbocycles. The third kappa shape index (κ3) is 4.52. The van der Waals surface area contributed by atoms with Gasteiger partial charge in [0.1, 0.15) is 11.6 Å². The number of anilines is 1. The predicted octanol–water partition coefficient (Wildman–Crippen LogP) is 4.06. The zero-order chi connectivity index (χ0) is 16.7. The molecule has 0 aliphatic carbocycles. The van der Waals surface area contributed by atoms with Gasteiger partial charge in [-0.3, -0.25) is 4.79 Å². The monoisotopic (exact) mass is 375 g/mol. The second kappa shape index (κ2) is 8.27. The van der Waals surface area contributed by atoms with E-state index in [-0.39, 0.29) is 0 Å². The second-order valence-electron chi connectivity index (χ2n) is 4.45. The van der Waals surface area contributed by atoms with Gasteiger partial charge in [0.2, 0.25) is 11.6 Å². The van der Waals surface area contributed by atoms with Crippen LogP contribution in [0.5, 0.6) is 11.6 Å². The van der Waals surface area contributed by atoms with Gasteiger partial charge in [0, 0.05) is 23.7 Å². The standard InChI is InChI=1S/C16H14BrN3O3/c1-18-14-5-6-15(20-16(14)19-7-8-22-2)23-12-3-4-13(17)11(9-12)10-21/h3-6,9-10H,7-8H2,2H3,(H,19,20). The Bertz CT molecular complexity index is 744. The summed E-state index contributed by atoms with van der Waals surface area (Å²) in [6, 6.07) is 8.30. The van der Waals surface area contributed by atoms with Crippen molar-refractivity contribution in [3.05, 3.63) is 51.8 Å². The quantitative estimate of drug-likeness (QED) is 0.449. The number of rotatable bonds is 7. The molecule has 1 N–H and O–H groups in total. The van der Waals surface area contributed by atoms with Gasteiger partial charge in [-0.2, -0.15) is 0 Å². The van der Waals surface area contributed by atoms with E-state index in [4.69, 9.17) is 16.0 Å². The van der Waals surface area contributed by atoms with E-state index in [0.29, 0.717) is 46.3 Å². The fraction of sp³-hybridized carbons (Fsp3) is 0.188. The molecular formula is C16H14BrN3O3. The van der Waals surface area contributed by atoms with E-state index in [1.165, 1.54) is 0 Å². The first kappa shape index (κ1) is 16.9. The van der Waals surface area contributed by atoms with Crippen molar-refractivity contribution in [2.24, 2.45) is 0 Å². The summed E-state index contributed by atoms with van der Waals surface area (Å²) in [5.74, 6) is 1.25. The first-order valence-corrected chi connectivity index (χ1v) is 7.51. The Kier molecular flexibility index (Phi) is 6.09. The van der Waals surface area contributed by atoms with Crippen LogP contribution < -0.4 is 10.1 Å². The molecule has 118 valence electrons. The van der Waals surface area contributed by atoms with Crippen molar-refractivity contribution in [3.8, 4) is 11.6 Å². The highest BCUT2D eigenvalue weighted by atomic mass is 79.9. The zero-order valence-corrected chi connectivity index (χ0v) is 14.0. The van der Waals surface area contributed by atoms with Crippen molar-refractivity contribution in [1.82, 2.24) is 4.98 Å². The summed E-state index contributed by atoms with van der Waals surface area (Å²) in [6.45, 7) is 8.19. The summed E-state index contributed by atoms with van der Waals surface area (Å²) in [4.78, 5) is 18.7. The summed E-state index contributed by atoms with van der Waals surface area (Å²) in [7, 11) is 1.60. The Morgan fingerprint density at radius 3 is 2.91 bits per heavy atom. The summed E-state index contributed by atoms with van der Waals surface area (Å²) in [5, 5.41) is 3.03. The van der Waals surface area contributed by atoms with Crippen molar-refractivity contribution >= 4 is 33.7 Å². The number of benzene rings is 1. The molecule has 7 heteroatoms. The van der Waals surface area contributed by atoms with E-state index in [9.17, 15) is 4.79 Å². The van der Waals surface area contributed by atoms with Crippen LogP contribution in [0.4, 0.5) is 11.5 Å². The molecular weight excluding hydrogens is 362 g/mol. The number of ether oxygens (including phenoxy) is 2. The van der Waals surface area contributed by atoms with Crippen LogP contribution in [-0.2, 0) is 4.74 Å². The van der Waals surface area contributed by atoms with Crippen molar-refractivity contribution in [3.63, 3.8) is 0 Å². The lowest BCUT2D eigenvalue weighted by Gasteiger charge is -2.10. The first-order chi connectivity index (χ1) is 11.2. The lowest BCUT2D eigenvalue weighted by Crippen LogP contribution is -2.09. The van der Waals surface area contributed by atoms with Crippen LogP contribution in [0, 0.1) is 6.57 Å². The van der Waals surface area contributed by atoms with E-state index < -0.39 is 0 Å². The third-order valence-corrected chi connectivity index (χ3v) is 3.61. The average Bonchev–Trinajstić information content (AvgIpc) is 2.57. The SMILES string of the molecule is [C-]#[N+]c1ccc(Oc2ccc(Br)c(C=O)c2)nc1NCCOC. The van der Waals surface area contributed by atoms with Crippen LogP contribution in [0.25, 0.3) is 4.85 Å². The number of nitrogens with zero attached hydrogens (tertiary/aromatic N) is 2. The highest BCUT2D eigenvalue weighted by Crippen LogP contribution is 2.29. The van der Waals surface area contributed by atoms with Gasteiger partial charge >= 0.3 is 0 Å². The molecule has 0 saturated heterocycles. The van der Waals surface area contributed by atoms with E-state index in [2.05, 4.69) is 31.1 Å². The van der Waals surface area contributed by atoms with Crippen LogP contribution in [0.3, 0.4) is 0 Å². The number of pyridine rings is 1. The maximum absolute atomic E-state index is 11.0. The highest BCUT2D eigenvalue weighted by molar-refractivity contribution is 9.10. The van der Waals surface area contributed by atoms with Crippen molar-refractivity contribution in [1.29, 1.82) is 0 Å². The van der Waals surface area contributed by atoms with E-state index in [0.717, 1.165) is 6.29 Å². The van der Waals surface area contributed by atoms with Crippen LogP contribution in [0.2, 0.25) is 0 Å². The van der Waals surface area contributed by atoms with Gasteiger partial charge in [0.05, 0.1) is 13.2 Å². The first-order valence-electron chi connectivity index (χ1n) is 6.72. The largest absolute Gasteiger partial charge is 0.439 e. The van der Waals surface area contributed by atoms with E-state index in [1.54, 1.807) is 37.4 Å². The number of carbonyl (C=O) groups excluding carboxylic acids is 1. The van der Waals surface area contributed by atoms with Crippen LogP contribution in [-0.4, -0.2) is 31.5 Å². The van der Waals surface area contributed by atoms with Crippen LogP contribution in [0.15, 0.2) is 34.8 Å². The summed E-state index contributed by atoms with van der Waals surface area (Å²) >= 11 is 3.28. The molecule has 0 atom stereocenters. The maximum Gasteiger partial charge on any atom is 0.228 e. The van der Waals surface area contributed by atoms with Gasteiger partial charge in [0.25, 0.3) is 0 Å². The lowest BCUT2D eigenvalue weighted by molar-refractivity contribution is 0.112. The third-order valence-electron chi connectivity index (χ3n) is 2.88. The molecule has 0 saturated carbocycles. The van der Waals surface area contributed by atoms with Crippen molar-refractivity contribution in [2.75, 3.05) is 25.6 Å². The minimum atomic E-state index is 0.330. The molecule has 0 aliphatic heterocycles. The molecule has 1 aromatic heterocycles. The molecule has 6 nitrogen and oxygen atoms in total. The topological polar surface area (TPSA) is 64.8 Å². The Hall–Kier alpha value is -2.43. The molecule has 0 aliphatic rings. The van der Waals surface area contributed by atoms with Gasteiger partial charge < -0.3 is 14.8 Å². The van der Waals surface area contributed by atoms with Crippen LogP contribution >= 0.6 is 15.9 Å². The zero-order valence-electron chi connectivity index (χ0n) is 12.4. The van der Waals surface area contributed by atoms with Gasteiger partial charge in [-0.05, 0) is 30.3 Å². The number of nitrogens with one attached hydrogen (secondary N) is 1. The fourth-order valence-electron chi connectivity index (χ4n) is 1.78. The Labute approximate surface area is 142 Å². The average molecular weight is 376 g/mol. The Morgan fingerprint density at radius 2 is 2.22 bits per heavy atom. The molecule has 0 radical (unpaired) electrons. The summed E-state index contributed by atoms with van der Waals surface area (Å²) in [6.07, 6.45) is 0.740. The van der Waals surface area contributed by atoms with Gasteiger partial charge in [-0.15, -0.1) is 0 Å². The molecule has 2 rings (SSSR count). The molecule has 2 aromatic rings. The smallest absolute Gasteiger partial charge is 0.228 e. The molecule has 0 unspecified atom stereocenters.